The molecule has 0 fully saturated rings. The summed E-state index contributed by atoms with van der Waals surface area (Å²) in [4.78, 5) is 4.21. The maximum absolute atomic E-state index is 5.49. The highest BCUT2D eigenvalue weighted by Gasteiger charge is 2.17. The number of fused-ring (bicyclic) bond motifs is 1. The summed E-state index contributed by atoms with van der Waals surface area (Å²) >= 11 is 0. The fraction of sp³-hybridized carbons (Fsp3) is 0.267. The van der Waals surface area contributed by atoms with Gasteiger partial charge in [-0.25, -0.2) is 4.98 Å². The minimum absolute atomic E-state index is 0.281. The van der Waals surface area contributed by atoms with Crippen LogP contribution in [0.5, 0.6) is 17.4 Å². The summed E-state index contributed by atoms with van der Waals surface area (Å²) in [5.74, 6) is 2.21. The topological polar surface area (TPSA) is 52.6 Å². The normalized spacial score (nSPS) is 12.2. The van der Waals surface area contributed by atoms with Crippen molar-refractivity contribution < 1.29 is 14.2 Å². The van der Waals surface area contributed by atoms with Crippen molar-refractivity contribution in [2.45, 2.75) is 13.5 Å². The highest BCUT2D eigenvalue weighted by atomic mass is 16.7. The van der Waals surface area contributed by atoms with Crippen LogP contribution in [-0.4, -0.2) is 18.4 Å². The van der Waals surface area contributed by atoms with E-state index < -0.39 is 0 Å². The van der Waals surface area contributed by atoms with Crippen molar-refractivity contribution in [2.75, 3.05) is 18.7 Å². The summed E-state index contributed by atoms with van der Waals surface area (Å²) in [5, 5.41) is 3.32. The molecule has 0 saturated carbocycles. The number of nitrogens with zero attached hydrogens (tertiary/aromatic N) is 1. The molecular formula is C15H16N2O3. The molecule has 0 spiro atoms. The van der Waals surface area contributed by atoms with Gasteiger partial charge in [0.15, 0.2) is 11.5 Å². The summed E-state index contributed by atoms with van der Waals surface area (Å²) in [6.07, 6.45) is 1.72. The summed E-state index contributed by atoms with van der Waals surface area (Å²) in [5.41, 5.74) is 1.91. The number of anilines is 1. The van der Waals surface area contributed by atoms with E-state index in [0.717, 1.165) is 22.7 Å². The Balaban J connectivity index is 1.76. The highest BCUT2D eigenvalue weighted by molar-refractivity contribution is 5.54. The summed E-state index contributed by atoms with van der Waals surface area (Å²) in [6.45, 7) is 3.43. The average molecular weight is 272 g/mol. The molecule has 5 heteroatoms. The third-order valence-corrected chi connectivity index (χ3v) is 3.00. The van der Waals surface area contributed by atoms with Crippen LogP contribution in [0.3, 0.4) is 0 Å². The smallest absolute Gasteiger partial charge is 0.237 e. The van der Waals surface area contributed by atoms with Crippen molar-refractivity contribution in [1.82, 2.24) is 4.98 Å². The Morgan fingerprint density at radius 1 is 1.25 bits per heavy atom. The Morgan fingerprint density at radius 2 is 2.20 bits per heavy atom. The van der Waals surface area contributed by atoms with Crippen molar-refractivity contribution in [3.8, 4) is 17.4 Å². The molecule has 0 atom stereocenters. The number of hydrogen-bond acceptors (Lipinski definition) is 5. The first-order valence-electron chi connectivity index (χ1n) is 6.57. The van der Waals surface area contributed by atoms with Crippen molar-refractivity contribution in [3.05, 3.63) is 42.1 Å². The zero-order valence-electron chi connectivity index (χ0n) is 11.3. The Labute approximate surface area is 117 Å². The van der Waals surface area contributed by atoms with Crippen LogP contribution in [0.25, 0.3) is 0 Å². The zero-order chi connectivity index (χ0) is 13.8. The second-order valence-corrected chi connectivity index (χ2v) is 4.29. The summed E-state index contributed by atoms with van der Waals surface area (Å²) < 4.78 is 16.3. The monoisotopic (exact) mass is 272 g/mol. The minimum Gasteiger partial charge on any atom is -0.476 e. The molecule has 20 heavy (non-hydrogen) atoms. The van der Waals surface area contributed by atoms with E-state index in [2.05, 4.69) is 10.3 Å². The lowest BCUT2D eigenvalue weighted by atomic mass is 10.2. The molecule has 2 aromatic rings. The van der Waals surface area contributed by atoms with Gasteiger partial charge in [-0.2, -0.15) is 0 Å². The Morgan fingerprint density at radius 3 is 3.10 bits per heavy atom. The minimum atomic E-state index is 0.281. The van der Waals surface area contributed by atoms with Gasteiger partial charge in [0.1, 0.15) is 0 Å². The van der Waals surface area contributed by atoms with E-state index in [-0.39, 0.29) is 6.79 Å². The number of nitrogens with one attached hydrogen (secondary N) is 1. The van der Waals surface area contributed by atoms with E-state index in [1.807, 2.05) is 37.3 Å². The van der Waals surface area contributed by atoms with Crippen LogP contribution in [-0.2, 0) is 6.54 Å². The first kappa shape index (κ1) is 12.6. The number of pyridine rings is 1. The molecule has 3 rings (SSSR count). The van der Waals surface area contributed by atoms with Gasteiger partial charge in [0, 0.05) is 18.3 Å². The maximum atomic E-state index is 5.49. The molecule has 2 heterocycles. The Hall–Kier alpha value is -2.43. The Bertz CT molecular complexity index is 601. The van der Waals surface area contributed by atoms with E-state index in [9.17, 15) is 0 Å². The molecule has 0 amide bonds. The molecule has 5 nitrogen and oxygen atoms in total. The lowest BCUT2D eigenvalue weighted by Crippen LogP contribution is -2.04. The van der Waals surface area contributed by atoms with E-state index in [1.54, 1.807) is 6.20 Å². The summed E-state index contributed by atoms with van der Waals surface area (Å²) in [6, 6.07) is 9.69. The van der Waals surface area contributed by atoms with Crippen LogP contribution < -0.4 is 19.5 Å². The standard InChI is InChI=1S/C15H16N2O3/c1-2-18-15-12(6-4-8-16-15)17-9-11-5-3-7-13-14(11)20-10-19-13/h3-8,17H,2,9-10H2,1H3. The molecule has 0 radical (unpaired) electrons. The average Bonchev–Trinajstić information content (AvgIpc) is 2.96. The van der Waals surface area contributed by atoms with Gasteiger partial charge in [-0.15, -0.1) is 0 Å². The van der Waals surface area contributed by atoms with E-state index in [4.69, 9.17) is 14.2 Å². The third-order valence-electron chi connectivity index (χ3n) is 3.00. The molecule has 104 valence electrons. The largest absolute Gasteiger partial charge is 0.476 e. The second-order valence-electron chi connectivity index (χ2n) is 4.29. The number of benzene rings is 1. The van der Waals surface area contributed by atoms with Crippen LogP contribution in [0.1, 0.15) is 12.5 Å². The van der Waals surface area contributed by atoms with Gasteiger partial charge in [-0.3, -0.25) is 0 Å². The number of ether oxygens (including phenoxy) is 3. The predicted molar refractivity (Wildman–Crippen MR) is 75.3 cm³/mol. The zero-order valence-corrected chi connectivity index (χ0v) is 11.3. The molecule has 1 aliphatic heterocycles. The van der Waals surface area contributed by atoms with E-state index in [1.165, 1.54) is 0 Å². The molecule has 0 saturated heterocycles. The lowest BCUT2D eigenvalue weighted by molar-refractivity contribution is 0.173. The molecular weight excluding hydrogens is 256 g/mol. The second kappa shape index (κ2) is 5.69. The molecule has 0 unspecified atom stereocenters. The van der Waals surface area contributed by atoms with Gasteiger partial charge < -0.3 is 19.5 Å². The molecule has 1 aliphatic rings. The van der Waals surface area contributed by atoms with Crippen molar-refractivity contribution in [2.24, 2.45) is 0 Å². The van der Waals surface area contributed by atoms with Crippen LogP contribution in [0, 0.1) is 0 Å². The van der Waals surface area contributed by atoms with Crippen LogP contribution in [0.4, 0.5) is 5.69 Å². The maximum Gasteiger partial charge on any atom is 0.237 e. The third kappa shape index (κ3) is 2.47. The fourth-order valence-corrected chi connectivity index (χ4v) is 2.10. The van der Waals surface area contributed by atoms with Crippen molar-refractivity contribution in [3.63, 3.8) is 0 Å². The number of para-hydroxylation sites is 1. The predicted octanol–water partition coefficient (Wildman–Crippen LogP) is 2.82. The molecule has 0 bridgehead atoms. The van der Waals surface area contributed by atoms with Gasteiger partial charge in [0.25, 0.3) is 0 Å². The van der Waals surface area contributed by atoms with Gasteiger partial charge >= 0.3 is 0 Å². The van der Waals surface area contributed by atoms with Crippen LogP contribution in [0.15, 0.2) is 36.5 Å². The SMILES string of the molecule is CCOc1ncccc1NCc1cccc2c1OCO2. The van der Waals surface area contributed by atoms with Gasteiger partial charge in [0.2, 0.25) is 12.7 Å². The number of hydrogen-bond donors (Lipinski definition) is 1. The van der Waals surface area contributed by atoms with E-state index in [0.29, 0.717) is 19.0 Å². The number of aromatic nitrogens is 1. The van der Waals surface area contributed by atoms with Crippen molar-refractivity contribution in [1.29, 1.82) is 0 Å². The van der Waals surface area contributed by atoms with Crippen LogP contribution in [0.2, 0.25) is 0 Å². The Kier molecular flexibility index (Phi) is 3.58. The van der Waals surface area contributed by atoms with E-state index >= 15 is 0 Å². The molecule has 1 N–H and O–H groups in total. The lowest BCUT2D eigenvalue weighted by Gasteiger charge is -2.12. The highest BCUT2D eigenvalue weighted by Crippen LogP contribution is 2.35. The summed E-state index contributed by atoms with van der Waals surface area (Å²) in [7, 11) is 0. The van der Waals surface area contributed by atoms with Gasteiger partial charge in [0.05, 0.1) is 12.3 Å². The van der Waals surface area contributed by atoms with Crippen molar-refractivity contribution >= 4 is 5.69 Å². The van der Waals surface area contributed by atoms with Gasteiger partial charge in [-0.1, -0.05) is 12.1 Å². The quantitative estimate of drug-likeness (QED) is 0.907. The fourth-order valence-electron chi connectivity index (χ4n) is 2.10. The number of rotatable bonds is 5. The van der Waals surface area contributed by atoms with Gasteiger partial charge in [-0.05, 0) is 25.1 Å². The van der Waals surface area contributed by atoms with Crippen LogP contribution >= 0.6 is 0 Å². The molecule has 0 aliphatic carbocycles. The first-order chi connectivity index (χ1) is 9.88. The molecule has 1 aromatic carbocycles. The first-order valence-corrected chi connectivity index (χ1v) is 6.57. The molecule has 1 aromatic heterocycles.